The second kappa shape index (κ2) is 8.39. The lowest BCUT2D eigenvalue weighted by Gasteiger charge is -2.13. The number of hydrogen-bond donors (Lipinski definition) is 4. The Labute approximate surface area is 146 Å². The van der Waals surface area contributed by atoms with Crippen LogP contribution in [0.4, 0.5) is 0 Å². The van der Waals surface area contributed by atoms with Crippen molar-refractivity contribution in [2.24, 2.45) is 16.5 Å². The number of fused-ring (bicyclic) bond motifs is 1. The molecule has 2 aromatic rings. The molecule has 0 unspecified atom stereocenters. The van der Waals surface area contributed by atoms with Gasteiger partial charge in [-0.05, 0) is 32.9 Å². The average molecular weight is 347 g/mol. The van der Waals surface area contributed by atoms with Gasteiger partial charge in [0.25, 0.3) is 5.91 Å². The molecule has 1 aromatic carbocycles. The van der Waals surface area contributed by atoms with E-state index in [0.29, 0.717) is 30.3 Å². The number of carbonyl (C=O) groups is 1. The minimum atomic E-state index is -0.375. The second-order valence-electron chi connectivity index (χ2n) is 5.79. The summed E-state index contributed by atoms with van der Waals surface area (Å²) in [6.07, 6.45) is 0.740. The number of aromatic nitrogens is 1. The van der Waals surface area contributed by atoms with Crippen LogP contribution in [-0.2, 0) is 0 Å². The van der Waals surface area contributed by atoms with Crippen LogP contribution in [0, 0.1) is 0 Å². The van der Waals surface area contributed by atoms with E-state index in [4.69, 9.17) is 20.9 Å². The van der Waals surface area contributed by atoms with Gasteiger partial charge in [0.05, 0.1) is 18.2 Å². The quantitative estimate of drug-likeness (QED) is 0.341. The summed E-state index contributed by atoms with van der Waals surface area (Å²) in [7, 11) is 1.50. The number of rotatable bonds is 7. The van der Waals surface area contributed by atoms with Crippen LogP contribution in [0.5, 0.6) is 11.5 Å². The molecular formula is C17H25N5O3. The summed E-state index contributed by atoms with van der Waals surface area (Å²) in [6.45, 7) is 4.95. The maximum atomic E-state index is 12.2. The largest absolute Gasteiger partial charge is 0.493 e. The molecule has 0 aliphatic heterocycles. The summed E-state index contributed by atoms with van der Waals surface area (Å²) in [5.74, 6) is 0.969. The van der Waals surface area contributed by atoms with E-state index >= 15 is 0 Å². The summed E-state index contributed by atoms with van der Waals surface area (Å²) >= 11 is 0. The molecule has 0 aliphatic rings. The number of aliphatic imine (C=N–C) groups is 1. The SMILES string of the molecule is CN=C(N)NC(=O)c1cc2c(OC(C)C)cc(OCCCN)cc2[nH]1. The van der Waals surface area contributed by atoms with E-state index in [-0.39, 0.29) is 18.0 Å². The van der Waals surface area contributed by atoms with Crippen LogP contribution < -0.4 is 26.3 Å². The molecule has 2 rings (SSSR count). The van der Waals surface area contributed by atoms with Gasteiger partial charge in [-0.15, -0.1) is 0 Å². The number of nitrogens with zero attached hydrogens (tertiary/aromatic N) is 1. The van der Waals surface area contributed by atoms with Crippen LogP contribution >= 0.6 is 0 Å². The lowest BCUT2D eigenvalue weighted by Crippen LogP contribution is -2.36. The van der Waals surface area contributed by atoms with E-state index in [9.17, 15) is 4.79 Å². The number of carbonyl (C=O) groups excluding carboxylic acids is 1. The smallest absolute Gasteiger partial charge is 0.274 e. The van der Waals surface area contributed by atoms with Gasteiger partial charge in [-0.2, -0.15) is 0 Å². The molecule has 0 spiro atoms. The predicted octanol–water partition coefficient (Wildman–Crippen LogP) is 1.36. The monoisotopic (exact) mass is 347 g/mol. The number of hydrogen-bond acceptors (Lipinski definition) is 5. The molecule has 25 heavy (non-hydrogen) atoms. The van der Waals surface area contributed by atoms with Gasteiger partial charge in [0.1, 0.15) is 17.2 Å². The number of aromatic amines is 1. The topological polar surface area (TPSA) is 128 Å². The van der Waals surface area contributed by atoms with Crippen molar-refractivity contribution in [2.45, 2.75) is 26.4 Å². The van der Waals surface area contributed by atoms with Crippen molar-refractivity contribution in [1.29, 1.82) is 0 Å². The highest BCUT2D eigenvalue weighted by molar-refractivity contribution is 6.07. The van der Waals surface area contributed by atoms with Crippen molar-refractivity contribution in [2.75, 3.05) is 20.2 Å². The molecule has 0 radical (unpaired) electrons. The number of guanidine groups is 1. The Balaban J connectivity index is 2.37. The maximum absolute atomic E-state index is 12.2. The molecule has 8 heteroatoms. The number of nitrogens with one attached hydrogen (secondary N) is 2. The summed E-state index contributed by atoms with van der Waals surface area (Å²) in [4.78, 5) is 19.0. The maximum Gasteiger partial charge on any atom is 0.274 e. The normalized spacial score (nSPS) is 11.8. The van der Waals surface area contributed by atoms with Crippen LogP contribution in [0.25, 0.3) is 10.9 Å². The molecular weight excluding hydrogens is 322 g/mol. The van der Waals surface area contributed by atoms with Gasteiger partial charge in [0.2, 0.25) is 0 Å². The number of H-pyrrole nitrogens is 1. The highest BCUT2D eigenvalue weighted by Gasteiger charge is 2.15. The van der Waals surface area contributed by atoms with Crippen LogP contribution in [0.15, 0.2) is 23.2 Å². The molecule has 136 valence electrons. The number of benzene rings is 1. The van der Waals surface area contributed by atoms with Crippen molar-refractivity contribution in [3.63, 3.8) is 0 Å². The summed E-state index contributed by atoms with van der Waals surface area (Å²) in [5, 5.41) is 3.28. The first-order valence-electron chi connectivity index (χ1n) is 8.14. The van der Waals surface area contributed by atoms with E-state index in [0.717, 1.165) is 17.3 Å². The van der Waals surface area contributed by atoms with Gasteiger partial charge in [0, 0.05) is 24.6 Å². The Hall–Kier alpha value is -2.74. The zero-order chi connectivity index (χ0) is 18.4. The fraction of sp³-hybridized carbons (Fsp3) is 0.412. The van der Waals surface area contributed by atoms with Crippen molar-refractivity contribution < 1.29 is 14.3 Å². The third-order valence-corrected chi connectivity index (χ3v) is 3.38. The number of ether oxygens (including phenoxy) is 2. The van der Waals surface area contributed by atoms with Gasteiger partial charge in [0.15, 0.2) is 5.96 Å². The minimum absolute atomic E-state index is 0.0162. The molecule has 0 atom stereocenters. The van der Waals surface area contributed by atoms with Crippen molar-refractivity contribution >= 4 is 22.8 Å². The van der Waals surface area contributed by atoms with Crippen molar-refractivity contribution in [3.05, 3.63) is 23.9 Å². The Morgan fingerprint density at radius 1 is 1.36 bits per heavy atom. The predicted molar refractivity (Wildman–Crippen MR) is 98.2 cm³/mol. The van der Waals surface area contributed by atoms with Crippen LogP contribution in [0.1, 0.15) is 30.8 Å². The van der Waals surface area contributed by atoms with Gasteiger partial charge in [-0.25, -0.2) is 0 Å². The molecule has 0 fully saturated rings. The van der Waals surface area contributed by atoms with Crippen LogP contribution in [-0.4, -0.2) is 43.2 Å². The first-order valence-corrected chi connectivity index (χ1v) is 8.14. The highest BCUT2D eigenvalue weighted by Crippen LogP contribution is 2.32. The standard InChI is InChI=1S/C17H25N5O3/c1-10(2)25-15-8-11(24-6-4-5-18)7-13-12(15)9-14(21-13)16(23)22-17(19)20-3/h7-10,21H,4-6,18H2,1-3H3,(H3,19,20,22,23). The number of amides is 1. The average Bonchev–Trinajstić information content (AvgIpc) is 2.99. The molecule has 1 aromatic heterocycles. The lowest BCUT2D eigenvalue weighted by atomic mass is 10.2. The van der Waals surface area contributed by atoms with Crippen molar-refractivity contribution in [1.82, 2.24) is 10.3 Å². The molecule has 0 bridgehead atoms. The van der Waals surface area contributed by atoms with Gasteiger partial charge in [-0.3, -0.25) is 15.1 Å². The Morgan fingerprint density at radius 3 is 2.76 bits per heavy atom. The van der Waals surface area contributed by atoms with E-state index in [1.54, 1.807) is 6.07 Å². The van der Waals surface area contributed by atoms with Gasteiger partial charge in [-0.1, -0.05) is 0 Å². The summed E-state index contributed by atoms with van der Waals surface area (Å²) < 4.78 is 11.6. The fourth-order valence-electron chi connectivity index (χ4n) is 2.25. The summed E-state index contributed by atoms with van der Waals surface area (Å²) in [5.41, 5.74) is 12.1. The zero-order valence-electron chi connectivity index (χ0n) is 14.8. The first kappa shape index (κ1) is 18.6. The molecule has 0 saturated carbocycles. The van der Waals surface area contributed by atoms with E-state index in [1.165, 1.54) is 7.05 Å². The molecule has 8 nitrogen and oxygen atoms in total. The number of nitrogens with two attached hydrogens (primary N) is 2. The lowest BCUT2D eigenvalue weighted by molar-refractivity contribution is 0.0972. The molecule has 0 aliphatic carbocycles. The molecule has 1 heterocycles. The second-order valence-corrected chi connectivity index (χ2v) is 5.79. The molecule has 1 amide bonds. The Bertz CT molecular complexity index is 767. The van der Waals surface area contributed by atoms with Crippen LogP contribution in [0.3, 0.4) is 0 Å². The minimum Gasteiger partial charge on any atom is -0.493 e. The van der Waals surface area contributed by atoms with E-state index in [1.807, 2.05) is 26.0 Å². The Morgan fingerprint density at radius 2 is 2.12 bits per heavy atom. The highest BCUT2D eigenvalue weighted by atomic mass is 16.5. The summed E-state index contributed by atoms with van der Waals surface area (Å²) in [6, 6.07) is 5.36. The Kier molecular flexibility index (Phi) is 6.24. The zero-order valence-corrected chi connectivity index (χ0v) is 14.8. The third kappa shape index (κ3) is 4.87. The van der Waals surface area contributed by atoms with Crippen LogP contribution in [0.2, 0.25) is 0 Å². The van der Waals surface area contributed by atoms with E-state index in [2.05, 4.69) is 15.3 Å². The fourth-order valence-corrected chi connectivity index (χ4v) is 2.25. The van der Waals surface area contributed by atoms with Gasteiger partial charge < -0.3 is 25.9 Å². The molecule has 0 saturated heterocycles. The van der Waals surface area contributed by atoms with Gasteiger partial charge >= 0.3 is 0 Å². The molecule has 6 N–H and O–H groups in total. The van der Waals surface area contributed by atoms with Crippen molar-refractivity contribution in [3.8, 4) is 11.5 Å². The van der Waals surface area contributed by atoms with E-state index < -0.39 is 0 Å². The first-order chi connectivity index (χ1) is 11.9. The third-order valence-electron chi connectivity index (χ3n) is 3.38.